The number of rotatable bonds is 2. The van der Waals surface area contributed by atoms with E-state index in [1.54, 1.807) is 7.05 Å². The molecule has 0 aliphatic heterocycles. The summed E-state index contributed by atoms with van der Waals surface area (Å²) in [5.41, 5.74) is 0.814. The minimum absolute atomic E-state index is 0.304. The Labute approximate surface area is 100 Å². The van der Waals surface area contributed by atoms with Crippen LogP contribution in [0.15, 0.2) is 42.5 Å². The van der Waals surface area contributed by atoms with Gasteiger partial charge in [0, 0.05) is 12.4 Å². The monoisotopic (exact) mass is 229 g/mol. The smallest absolute Gasteiger partial charge is 0.255 e. The van der Waals surface area contributed by atoms with Crippen molar-refractivity contribution in [3.63, 3.8) is 0 Å². The van der Waals surface area contributed by atoms with E-state index in [1.165, 1.54) is 11.8 Å². The van der Waals surface area contributed by atoms with Gasteiger partial charge in [-0.1, -0.05) is 36.4 Å². The van der Waals surface area contributed by atoms with Gasteiger partial charge in [0.1, 0.15) is 6.10 Å². The maximum absolute atomic E-state index is 11.8. The van der Waals surface area contributed by atoms with Gasteiger partial charge in [0.25, 0.3) is 5.91 Å². The van der Waals surface area contributed by atoms with E-state index in [-0.39, 0.29) is 5.91 Å². The number of fused-ring (bicyclic) bond motifs is 1. The first-order valence-electron chi connectivity index (χ1n) is 5.54. The van der Waals surface area contributed by atoms with Crippen molar-refractivity contribution in [2.45, 2.75) is 13.0 Å². The van der Waals surface area contributed by atoms with Crippen molar-refractivity contribution in [2.24, 2.45) is 0 Å². The molecule has 1 amide bonds. The number of benzene rings is 2. The average molecular weight is 229 g/mol. The SMILES string of the molecule is CC(O)C(=O)N(C)c1cccc2ccccc12. The van der Waals surface area contributed by atoms with E-state index in [1.807, 2.05) is 42.5 Å². The highest BCUT2D eigenvalue weighted by Crippen LogP contribution is 2.26. The summed E-state index contributed by atoms with van der Waals surface area (Å²) < 4.78 is 0. The van der Waals surface area contributed by atoms with Gasteiger partial charge in [-0.25, -0.2) is 0 Å². The molecule has 1 N–H and O–H groups in total. The van der Waals surface area contributed by atoms with Crippen molar-refractivity contribution in [2.75, 3.05) is 11.9 Å². The van der Waals surface area contributed by atoms with Crippen molar-refractivity contribution in [3.05, 3.63) is 42.5 Å². The molecular formula is C14H15NO2. The molecule has 3 heteroatoms. The minimum Gasteiger partial charge on any atom is -0.384 e. The Kier molecular flexibility index (Phi) is 3.11. The van der Waals surface area contributed by atoms with E-state index < -0.39 is 6.10 Å². The molecule has 0 spiro atoms. The molecule has 0 radical (unpaired) electrons. The molecule has 88 valence electrons. The van der Waals surface area contributed by atoms with Gasteiger partial charge in [-0.05, 0) is 18.4 Å². The van der Waals surface area contributed by atoms with Crippen LogP contribution in [-0.4, -0.2) is 24.2 Å². The topological polar surface area (TPSA) is 40.5 Å². The Morgan fingerprint density at radius 1 is 1.18 bits per heavy atom. The van der Waals surface area contributed by atoms with E-state index in [9.17, 15) is 9.90 Å². The third-order valence-corrected chi connectivity index (χ3v) is 2.82. The summed E-state index contributed by atoms with van der Waals surface area (Å²) in [5.74, 6) is -0.304. The number of anilines is 1. The van der Waals surface area contributed by atoms with Gasteiger partial charge in [0.05, 0.1) is 5.69 Å². The zero-order valence-corrected chi connectivity index (χ0v) is 9.92. The second kappa shape index (κ2) is 4.55. The number of hydrogen-bond donors (Lipinski definition) is 1. The van der Waals surface area contributed by atoms with Gasteiger partial charge in [-0.2, -0.15) is 0 Å². The van der Waals surface area contributed by atoms with Crippen LogP contribution in [0.25, 0.3) is 10.8 Å². The molecule has 0 aromatic heterocycles. The predicted octanol–water partition coefficient (Wildman–Crippen LogP) is 2.18. The maximum atomic E-state index is 11.8. The summed E-state index contributed by atoms with van der Waals surface area (Å²) in [6, 6.07) is 13.6. The molecule has 17 heavy (non-hydrogen) atoms. The van der Waals surface area contributed by atoms with Gasteiger partial charge in [0.2, 0.25) is 0 Å². The minimum atomic E-state index is -0.987. The summed E-state index contributed by atoms with van der Waals surface area (Å²) in [6.07, 6.45) is -0.987. The number of amides is 1. The molecular weight excluding hydrogens is 214 g/mol. The summed E-state index contributed by atoms with van der Waals surface area (Å²) in [5, 5.41) is 11.4. The molecule has 0 fully saturated rings. The highest BCUT2D eigenvalue weighted by atomic mass is 16.3. The van der Waals surface area contributed by atoms with Crippen molar-refractivity contribution in [3.8, 4) is 0 Å². The van der Waals surface area contributed by atoms with Crippen LogP contribution in [-0.2, 0) is 4.79 Å². The lowest BCUT2D eigenvalue weighted by Gasteiger charge is -2.20. The number of carbonyl (C=O) groups excluding carboxylic acids is 1. The zero-order chi connectivity index (χ0) is 12.4. The van der Waals surface area contributed by atoms with Crippen LogP contribution in [0.2, 0.25) is 0 Å². The third-order valence-electron chi connectivity index (χ3n) is 2.82. The number of likely N-dealkylation sites (N-methyl/N-ethyl adjacent to an activating group) is 1. The molecule has 0 aliphatic carbocycles. The van der Waals surface area contributed by atoms with Gasteiger partial charge in [-0.15, -0.1) is 0 Å². The molecule has 2 rings (SSSR count). The van der Waals surface area contributed by atoms with Crippen LogP contribution in [0.1, 0.15) is 6.92 Å². The fourth-order valence-corrected chi connectivity index (χ4v) is 1.90. The van der Waals surface area contributed by atoms with Crippen LogP contribution in [0.3, 0.4) is 0 Å². The zero-order valence-electron chi connectivity index (χ0n) is 9.92. The third kappa shape index (κ3) is 2.15. The fourth-order valence-electron chi connectivity index (χ4n) is 1.90. The Balaban J connectivity index is 2.52. The number of aliphatic hydroxyl groups excluding tert-OH is 1. The predicted molar refractivity (Wildman–Crippen MR) is 69.0 cm³/mol. The van der Waals surface area contributed by atoms with Crippen molar-refractivity contribution in [1.29, 1.82) is 0 Å². The van der Waals surface area contributed by atoms with E-state index in [0.717, 1.165) is 16.5 Å². The highest BCUT2D eigenvalue weighted by Gasteiger charge is 2.17. The first-order chi connectivity index (χ1) is 8.11. The van der Waals surface area contributed by atoms with Crippen molar-refractivity contribution < 1.29 is 9.90 Å². The first kappa shape index (κ1) is 11.6. The molecule has 2 aromatic carbocycles. The van der Waals surface area contributed by atoms with Crippen LogP contribution in [0.4, 0.5) is 5.69 Å². The Morgan fingerprint density at radius 2 is 1.82 bits per heavy atom. The number of aliphatic hydroxyl groups is 1. The highest BCUT2D eigenvalue weighted by molar-refractivity contribution is 6.04. The molecule has 1 atom stereocenters. The second-order valence-corrected chi connectivity index (χ2v) is 4.07. The van der Waals surface area contributed by atoms with Crippen LogP contribution in [0, 0.1) is 0 Å². The van der Waals surface area contributed by atoms with Crippen LogP contribution in [0.5, 0.6) is 0 Å². The number of hydrogen-bond acceptors (Lipinski definition) is 2. The Morgan fingerprint density at radius 3 is 2.53 bits per heavy atom. The molecule has 2 aromatic rings. The largest absolute Gasteiger partial charge is 0.384 e. The van der Waals surface area contributed by atoms with Gasteiger partial charge < -0.3 is 10.0 Å². The normalized spacial score (nSPS) is 12.4. The maximum Gasteiger partial charge on any atom is 0.255 e. The summed E-state index contributed by atoms with van der Waals surface area (Å²) in [7, 11) is 1.68. The number of carbonyl (C=O) groups is 1. The van der Waals surface area contributed by atoms with Crippen LogP contribution < -0.4 is 4.90 Å². The lowest BCUT2D eigenvalue weighted by molar-refractivity contribution is -0.125. The van der Waals surface area contributed by atoms with Gasteiger partial charge >= 0.3 is 0 Å². The lowest BCUT2D eigenvalue weighted by atomic mass is 10.1. The van der Waals surface area contributed by atoms with Crippen molar-refractivity contribution in [1.82, 2.24) is 0 Å². The quantitative estimate of drug-likeness (QED) is 0.857. The second-order valence-electron chi connectivity index (χ2n) is 4.07. The molecule has 0 bridgehead atoms. The van der Waals surface area contributed by atoms with E-state index in [2.05, 4.69) is 0 Å². The molecule has 0 aliphatic rings. The van der Waals surface area contributed by atoms with Crippen LogP contribution >= 0.6 is 0 Å². The Hall–Kier alpha value is -1.87. The van der Waals surface area contributed by atoms with E-state index in [4.69, 9.17) is 0 Å². The summed E-state index contributed by atoms with van der Waals surface area (Å²) in [4.78, 5) is 13.3. The molecule has 1 unspecified atom stereocenters. The molecule has 0 saturated carbocycles. The Bertz CT molecular complexity index is 543. The molecule has 0 heterocycles. The fraction of sp³-hybridized carbons (Fsp3) is 0.214. The van der Waals surface area contributed by atoms with E-state index >= 15 is 0 Å². The molecule has 3 nitrogen and oxygen atoms in total. The van der Waals surface area contributed by atoms with E-state index in [0.29, 0.717) is 0 Å². The summed E-state index contributed by atoms with van der Waals surface area (Å²) >= 11 is 0. The molecule has 0 saturated heterocycles. The average Bonchev–Trinajstić information content (AvgIpc) is 2.36. The van der Waals surface area contributed by atoms with Gasteiger partial charge in [0.15, 0.2) is 0 Å². The van der Waals surface area contributed by atoms with Crippen molar-refractivity contribution >= 4 is 22.4 Å². The first-order valence-corrected chi connectivity index (χ1v) is 5.54. The standard InChI is InChI=1S/C14H15NO2/c1-10(16)14(17)15(2)13-9-5-7-11-6-3-4-8-12(11)13/h3-10,16H,1-2H3. The number of nitrogens with zero attached hydrogens (tertiary/aromatic N) is 1. The lowest BCUT2D eigenvalue weighted by Crippen LogP contribution is -2.34. The summed E-state index contributed by atoms with van der Waals surface area (Å²) in [6.45, 7) is 1.48. The van der Waals surface area contributed by atoms with Gasteiger partial charge in [-0.3, -0.25) is 4.79 Å².